The van der Waals surface area contributed by atoms with Crippen LogP contribution in [0.25, 0.3) is 0 Å². The Hall–Kier alpha value is -1.46. The predicted molar refractivity (Wildman–Crippen MR) is 68.2 cm³/mol. The van der Waals surface area contributed by atoms with E-state index in [1.165, 1.54) is 0 Å². The number of aromatic nitrogens is 1. The van der Waals surface area contributed by atoms with Crippen LogP contribution < -0.4 is 10.6 Å². The van der Waals surface area contributed by atoms with Crippen LogP contribution in [0.1, 0.15) is 12.5 Å². The Bertz CT molecular complexity index is 390. The Kier molecular flexibility index (Phi) is 4.28. The van der Waals surface area contributed by atoms with Crippen LogP contribution in [0, 0.1) is 0 Å². The molecule has 1 aromatic heterocycles. The molecule has 0 radical (unpaired) electrons. The normalized spacial score (nSPS) is 16.9. The van der Waals surface area contributed by atoms with Crippen molar-refractivity contribution in [2.75, 3.05) is 26.2 Å². The molecule has 0 spiro atoms. The van der Waals surface area contributed by atoms with E-state index in [1.54, 1.807) is 6.20 Å². The van der Waals surface area contributed by atoms with Gasteiger partial charge in [0.05, 0.1) is 5.60 Å². The average molecular weight is 249 g/mol. The Morgan fingerprint density at radius 1 is 1.61 bits per heavy atom. The summed E-state index contributed by atoms with van der Waals surface area (Å²) in [6, 6.07) is 3.89. The first kappa shape index (κ1) is 13.0. The molecule has 0 unspecified atom stereocenters. The van der Waals surface area contributed by atoms with Gasteiger partial charge in [0.2, 0.25) is 5.91 Å². The van der Waals surface area contributed by atoms with Crippen molar-refractivity contribution in [3.8, 4) is 0 Å². The van der Waals surface area contributed by atoms with E-state index in [9.17, 15) is 4.79 Å². The summed E-state index contributed by atoms with van der Waals surface area (Å²) in [7, 11) is 0. The molecule has 0 aliphatic carbocycles. The fourth-order valence-corrected chi connectivity index (χ4v) is 1.76. The van der Waals surface area contributed by atoms with Crippen molar-refractivity contribution >= 4 is 5.91 Å². The number of amides is 1. The zero-order chi connectivity index (χ0) is 12.8. The van der Waals surface area contributed by atoms with Crippen LogP contribution in [0.5, 0.6) is 0 Å². The standard InChI is InChI=1S/C13H19N3O2/c1-13(9-15-10-13)18-8-12(17)16-6-4-11-3-2-5-14-7-11/h2-3,5,7,15H,4,6,8-10H2,1H3,(H,16,17). The predicted octanol–water partition coefficient (Wildman–Crippen LogP) is 0.119. The van der Waals surface area contributed by atoms with Crippen molar-refractivity contribution in [2.45, 2.75) is 18.9 Å². The highest BCUT2D eigenvalue weighted by Gasteiger charge is 2.32. The van der Waals surface area contributed by atoms with E-state index < -0.39 is 0 Å². The topological polar surface area (TPSA) is 63.2 Å². The number of pyridine rings is 1. The molecule has 1 fully saturated rings. The van der Waals surface area contributed by atoms with E-state index in [0.717, 1.165) is 25.1 Å². The Morgan fingerprint density at radius 3 is 3.06 bits per heavy atom. The number of nitrogens with one attached hydrogen (secondary N) is 2. The van der Waals surface area contributed by atoms with Gasteiger partial charge < -0.3 is 15.4 Å². The molecule has 1 aromatic rings. The molecule has 2 heterocycles. The van der Waals surface area contributed by atoms with Crippen LogP contribution >= 0.6 is 0 Å². The van der Waals surface area contributed by atoms with Crippen LogP contribution in [-0.4, -0.2) is 42.7 Å². The fraction of sp³-hybridized carbons (Fsp3) is 0.538. The summed E-state index contributed by atoms with van der Waals surface area (Å²) in [4.78, 5) is 15.6. The smallest absolute Gasteiger partial charge is 0.246 e. The van der Waals surface area contributed by atoms with Crippen LogP contribution in [0.15, 0.2) is 24.5 Å². The first-order chi connectivity index (χ1) is 8.68. The lowest BCUT2D eigenvalue weighted by Gasteiger charge is -2.38. The molecule has 0 atom stereocenters. The summed E-state index contributed by atoms with van der Waals surface area (Å²) >= 11 is 0. The van der Waals surface area contributed by atoms with E-state index in [-0.39, 0.29) is 18.1 Å². The van der Waals surface area contributed by atoms with Gasteiger partial charge in [-0.3, -0.25) is 9.78 Å². The van der Waals surface area contributed by atoms with E-state index in [0.29, 0.717) is 6.54 Å². The maximum atomic E-state index is 11.5. The number of nitrogens with zero attached hydrogens (tertiary/aromatic N) is 1. The molecule has 5 heteroatoms. The fourth-order valence-electron chi connectivity index (χ4n) is 1.76. The van der Waals surface area contributed by atoms with Crippen molar-refractivity contribution in [3.05, 3.63) is 30.1 Å². The second kappa shape index (κ2) is 5.93. The summed E-state index contributed by atoms with van der Waals surface area (Å²) in [5, 5.41) is 5.97. The molecule has 0 bridgehead atoms. The minimum absolute atomic E-state index is 0.0629. The molecule has 5 nitrogen and oxygen atoms in total. The van der Waals surface area contributed by atoms with Gasteiger partial charge in [0.25, 0.3) is 0 Å². The number of ether oxygens (including phenoxy) is 1. The molecule has 0 aromatic carbocycles. The molecule has 2 N–H and O–H groups in total. The monoisotopic (exact) mass is 249 g/mol. The largest absolute Gasteiger partial charge is 0.363 e. The van der Waals surface area contributed by atoms with Crippen molar-refractivity contribution in [3.63, 3.8) is 0 Å². The molecule has 2 rings (SSSR count). The van der Waals surface area contributed by atoms with Gasteiger partial charge in [-0.1, -0.05) is 6.07 Å². The third-order valence-corrected chi connectivity index (χ3v) is 3.01. The minimum Gasteiger partial charge on any atom is -0.363 e. The first-order valence-electron chi connectivity index (χ1n) is 6.18. The molecular formula is C13H19N3O2. The number of carbonyl (C=O) groups is 1. The van der Waals surface area contributed by atoms with Gasteiger partial charge in [-0.15, -0.1) is 0 Å². The van der Waals surface area contributed by atoms with Crippen molar-refractivity contribution in [2.24, 2.45) is 0 Å². The van der Waals surface area contributed by atoms with Gasteiger partial charge >= 0.3 is 0 Å². The van der Waals surface area contributed by atoms with Gasteiger partial charge in [-0.05, 0) is 25.0 Å². The van der Waals surface area contributed by atoms with Crippen LogP contribution in [-0.2, 0) is 16.0 Å². The molecule has 98 valence electrons. The first-order valence-corrected chi connectivity index (χ1v) is 6.18. The highest BCUT2D eigenvalue weighted by atomic mass is 16.5. The lowest BCUT2D eigenvalue weighted by Crippen LogP contribution is -2.59. The molecule has 1 amide bonds. The molecule has 18 heavy (non-hydrogen) atoms. The Balaban J connectivity index is 1.60. The van der Waals surface area contributed by atoms with Crippen molar-refractivity contribution in [1.82, 2.24) is 15.6 Å². The van der Waals surface area contributed by atoms with Crippen molar-refractivity contribution in [1.29, 1.82) is 0 Å². The Labute approximate surface area is 107 Å². The number of rotatable bonds is 6. The Morgan fingerprint density at radius 2 is 2.44 bits per heavy atom. The van der Waals surface area contributed by atoms with E-state index in [2.05, 4.69) is 15.6 Å². The SMILES string of the molecule is CC1(OCC(=O)NCCc2cccnc2)CNC1. The number of hydrogen-bond acceptors (Lipinski definition) is 4. The second-order valence-electron chi connectivity index (χ2n) is 4.80. The van der Waals surface area contributed by atoms with Gasteiger partial charge in [-0.2, -0.15) is 0 Å². The molecule has 1 saturated heterocycles. The van der Waals surface area contributed by atoms with E-state index in [1.807, 2.05) is 25.3 Å². The van der Waals surface area contributed by atoms with E-state index >= 15 is 0 Å². The van der Waals surface area contributed by atoms with Crippen LogP contribution in [0.3, 0.4) is 0 Å². The molecule has 0 saturated carbocycles. The lowest BCUT2D eigenvalue weighted by molar-refractivity contribution is -0.135. The van der Waals surface area contributed by atoms with Gasteiger partial charge in [-0.25, -0.2) is 0 Å². The highest BCUT2D eigenvalue weighted by molar-refractivity contribution is 5.77. The summed E-state index contributed by atoms with van der Waals surface area (Å²) in [5.74, 6) is -0.0629. The summed E-state index contributed by atoms with van der Waals surface area (Å²) in [6.45, 7) is 4.38. The summed E-state index contributed by atoms with van der Waals surface area (Å²) in [6.07, 6.45) is 4.34. The highest BCUT2D eigenvalue weighted by Crippen LogP contribution is 2.14. The number of carbonyl (C=O) groups excluding carboxylic acids is 1. The third kappa shape index (κ3) is 3.78. The summed E-state index contributed by atoms with van der Waals surface area (Å²) in [5.41, 5.74) is 0.953. The van der Waals surface area contributed by atoms with Crippen molar-refractivity contribution < 1.29 is 9.53 Å². The zero-order valence-corrected chi connectivity index (χ0v) is 10.6. The summed E-state index contributed by atoms with van der Waals surface area (Å²) < 4.78 is 5.54. The van der Waals surface area contributed by atoms with Crippen LogP contribution in [0.4, 0.5) is 0 Å². The van der Waals surface area contributed by atoms with Gasteiger partial charge in [0, 0.05) is 32.0 Å². The maximum Gasteiger partial charge on any atom is 0.246 e. The molecule has 1 aliphatic heterocycles. The van der Waals surface area contributed by atoms with Gasteiger partial charge in [0.15, 0.2) is 0 Å². The van der Waals surface area contributed by atoms with E-state index in [4.69, 9.17) is 4.74 Å². The molecule has 1 aliphatic rings. The van der Waals surface area contributed by atoms with Crippen LogP contribution in [0.2, 0.25) is 0 Å². The second-order valence-corrected chi connectivity index (χ2v) is 4.80. The zero-order valence-electron chi connectivity index (χ0n) is 10.6. The average Bonchev–Trinajstić information content (AvgIpc) is 2.35. The molecular weight excluding hydrogens is 230 g/mol. The maximum absolute atomic E-state index is 11.5. The third-order valence-electron chi connectivity index (χ3n) is 3.01. The quantitative estimate of drug-likeness (QED) is 0.751. The lowest BCUT2D eigenvalue weighted by atomic mass is 10.0. The van der Waals surface area contributed by atoms with Gasteiger partial charge in [0.1, 0.15) is 6.61 Å². The minimum atomic E-state index is -0.166. The number of hydrogen-bond donors (Lipinski definition) is 2.